The number of carbonyl (C=O) groups excluding carboxylic acids is 1. The van der Waals surface area contributed by atoms with Crippen LogP contribution in [0.5, 0.6) is 0 Å². The zero-order chi connectivity index (χ0) is 21.8. The van der Waals surface area contributed by atoms with E-state index >= 15 is 0 Å². The van der Waals surface area contributed by atoms with Crippen LogP contribution in [-0.2, 0) is 14.3 Å². The molecule has 0 N–H and O–H groups in total. The van der Waals surface area contributed by atoms with Gasteiger partial charge in [0.25, 0.3) is 0 Å². The van der Waals surface area contributed by atoms with Crippen molar-refractivity contribution in [1.29, 1.82) is 0 Å². The Morgan fingerprint density at radius 1 is 1.03 bits per heavy atom. The summed E-state index contributed by atoms with van der Waals surface area (Å²) in [5, 5.41) is 0. The first-order chi connectivity index (χ1) is 15.1. The third kappa shape index (κ3) is 5.26. The third-order valence-corrected chi connectivity index (χ3v) is 6.55. The second-order valence-corrected chi connectivity index (χ2v) is 8.73. The summed E-state index contributed by atoms with van der Waals surface area (Å²) in [5.74, 6) is 3.27. The Balaban J connectivity index is 1.47. The average molecular weight is 433 g/mol. The van der Waals surface area contributed by atoms with Crippen molar-refractivity contribution in [3.8, 4) is 0 Å². The van der Waals surface area contributed by atoms with Gasteiger partial charge in [-0.05, 0) is 39.5 Å². The molecule has 0 bridgehead atoms. The fourth-order valence-corrected chi connectivity index (χ4v) is 4.48. The number of ether oxygens (including phenoxy) is 2. The molecule has 1 amide bonds. The molecule has 9 nitrogen and oxygen atoms in total. The van der Waals surface area contributed by atoms with E-state index < -0.39 is 0 Å². The molecule has 0 unspecified atom stereocenters. The SMILES string of the molecule is CCN(CC)C(=O)C1CCN(c2nc(C3CC3)nc(N3CCO[C@H](COC)C3)n2)CC1. The van der Waals surface area contributed by atoms with Crippen molar-refractivity contribution >= 4 is 17.8 Å². The van der Waals surface area contributed by atoms with Gasteiger partial charge in [0, 0.05) is 58.2 Å². The normalized spacial score (nSPS) is 22.6. The van der Waals surface area contributed by atoms with Gasteiger partial charge >= 0.3 is 0 Å². The number of aromatic nitrogens is 3. The molecule has 1 aromatic heterocycles. The largest absolute Gasteiger partial charge is 0.382 e. The smallest absolute Gasteiger partial charge is 0.230 e. The first kappa shape index (κ1) is 22.2. The van der Waals surface area contributed by atoms with Crippen molar-refractivity contribution in [2.45, 2.75) is 51.6 Å². The lowest BCUT2D eigenvalue weighted by Gasteiger charge is -2.35. The molecule has 0 radical (unpaired) electrons. The molecule has 3 aliphatic rings. The number of piperidine rings is 1. The van der Waals surface area contributed by atoms with Crippen LogP contribution in [0, 0.1) is 5.92 Å². The third-order valence-electron chi connectivity index (χ3n) is 6.55. The molecule has 2 aliphatic heterocycles. The quantitative estimate of drug-likeness (QED) is 0.614. The number of hydrogen-bond donors (Lipinski definition) is 0. The summed E-state index contributed by atoms with van der Waals surface area (Å²) < 4.78 is 11.1. The number of carbonyl (C=O) groups is 1. The minimum atomic E-state index is 0.0326. The average Bonchev–Trinajstić information content (AvgIpc) is 3.66. The van der Waals surface area contributed by atoms with Crippen molar-refractivity contribution in [3.63, 3.8) is 0 Å². The highest BCUT2D eigenvalue weighted by atomic mass is 16.5. The van der Waals surface area contributed by atoms with Gasteiger partial charge in [0.15, 0.2) is 0 Å². The van der Waals surface area contributed by atoms with Crippen molar-refractivity contribution < 1.29 is 14.3 Å². The molecule has 1 aliphatic carbocycles. The van der Waals surface area contributed by atoms with Gasteiger partial charge < -0.3 is 24.2 Å². The summed E-state index contributed by atoms with van der Waals surface area (Å²) >= 11 is 0. The monoisotopic (exact) mass is 432 g/mol. The van der Waals surface area contributed by atoms with E-state index in [1.807, 2.05) is 18.7 Å². The lowest BCUT2D eigenvalue weighted by atomic mass is 9.95. The predicted molar refractivity (Wildman–Crippen MR) is 118 cm³/mol. The molecule has 31 heavy (non-hydrogen) atoms. The second-order valence-electron chi connectivity index (χ2n) is 8.73. The summed E-state index contributed by atoms with van der Waals surface area (Å²) in [6.07, 6.45) is 4.04. The Bertz CT molecular complexity index is 745. The topological polar surface area (TPSA) is 83.9 Å². The Morgan fingerprint density at radius 2 is 1.71 bits per heavy atom. The van der Waals surface area contributed by atoms with Crippen LogP contribution in [0.4, 0.5) is 11.9 Å². The summed E-state index contributed by atoms with van der Waals surface area (Å²) in [7, 11) is 1.70. The van der Waals surface area contributed by atoms with E-state index in [0.717, 1.165) is 82.7 Å². The van der Waals surface area contributed by atoms with Gasteiger partial charge in [-0.25, -0.2) is 0 Å². The zero-order valence-electron chi connectivity index (χ0n) is 19.1. The van der Waals surface area contributed by atoms with Crippen LogP contribution in [0.3, 0.4) is 0 Å². The number of rotatable bonds is 8. The van der Waals surface area contributed by atoms with Gasteiger partial charge in [-0.15, -0.1) is 0 Å². The minimum Gasteiger partial charge on any atom is -0.382 e. The van der Waals surface area contributed by atoms with Gasteiger partial charge in [0.05, 0.1) is 19.3 Å². The highest BCUT2D eigenvalue weighted by Crippen LogP contribution is 2.39. The molecule has 172 valence electrons. The van der Waals surface area contributed by atoms with Gasteiger partial charge in [-0.2, -0.15) is 15.0 Å². The molecular weight excluding hydrogens is 396 g/mol. The van der Waals surface area contributed by atoms with E-state index in [9.17, 15) is 4.79 Å². The van der Waals surface area contributed by atoms with Gasteiger partial charge in [-0.1, -0.05) is 0 Å². The van der Waals surface area contributed by atoms with E-state index in [2.05, 4.69) is 9.80 Å². The first-order valence-electron chi connectivity index (χ1n) is 11.8. The highest BCUT2D eigenvalue weighted by molar-refractivity contribution is 5.79. The molecule has 0 spiro atoms. The van der Waals surface area contributed by atoms with Crippen LogP contribution in [0.25, 0.3) is 0 Å². The molecule has 1 saturated carbocycles. The highest BCUT2D eigenvalue weighted by Gasteiger charge is 2.33. The van der Waals surface area contributed by atoms with E-state index in [-0.39, 0.29) is 17.9 Å². The maximum Gasteiger partial charge on any atom is 0.230 e. The van der Waals surface area contributed by atoms with Crippen LogP contribution < -0.4 is 9.80 Å². The molecule has 3 fully saturated rings. The van der Waals surface area contributed by atoms with Crippen molar-refractivity contribution in [2.75, 3.05) is 69.4 Å². The number of nitrogens with zero attached hydrogens (tertiary/aromatic N) is 6. The molecule has 3 heterocycles. The number of anilines is 2. The lowest BCUT2D eigenvalue weighted by molar-refractivity contribution is -0.135. The standard InChI is InChI=1S/C22H36N6O3/c1-4-26(5-2)20(29)17-8-10-27(11-9-17)21-23-19(16-6-7-16)24-22(25-21)28-12-13-31-18(14-28)15-30-3/h16-18H,4-15H2,1-3H3/t18-/m0/s1. The van der Waals surface area contributed by atoms with E-state index in [0.29, 0.717) is 19.1 Å². The molecule has 9 heteroatoms. The maximum absolute atomic E-state index is 12.7. The summed E-state index contributed by atoms with van der Waals surface area (Å²) in [5.41, 5.74) is 0. The van der Waals surface area contributed by atoms with Crippen LogP contribution >= 0.6 is 0 Å². The van der Waals surface area contributed by atoms with Crippen LogP contribution in [0.2, 0.25) is 0 Å². The number of hydrogen-bond acceptors (Lipinski definition) is 8. The maximum atomic E-state index is 12.7. The lowest BCUT2D eigenvalue weighted by Crippen LogP contribution is -2.46. The Hall–Kier alpha value is -2.00. The summed E-state index contributed by atoms with van der Waals surface area (Å²) in [6.45, 7) is 9.97. The van der Waals surface area contributed by atoms with Crippen molar-refractivity contribution in [3.05, 3.63) is 5.82 Å². The van der Waals surface area contributed by atoms with Crippen LogP contribution in [0.15, 0.2) is 0 Å². The Labute approximate surface area is 185 Å². The second kappa shape index (κ2) is 10.1. The number of morpholine rings is 1. The summed E-state index contributed by atoms with van der Waals surface area (Å²) in [4.78, 5) is 33.6. The van der Waals surface area contributed by atoms with Crippen molar-refractivity contribution in [2.24, 2.45) is 5.92 Å². The summed E-state index contributed by atoms with van der Waals surface area (Å²) in [6, 6.07) is 0. The van der Waals surface area contributed by atoms with E-state index in [1.165, 1.54) is 0 Å². The van der Waals surface area contributed by atoms with Gasteiger partial charge in [0.1, 0.15) is 5.82 Å². The van der Waals surface area contributed by atoms with Crippen LogP contribution in [-0.4, -0.2) is 91.5 Å². The van der Waals surface area contributed by atoms with Gasteiger partial charge in [-0.3, -0.25) is 4.79 Å². The van der Waals surface area contributed by atoms with E-state index in [1.54, 1.807) is 7.11 Å². The zero-order valence-corrected chi connectivity index (χ0v) is 19.1. The first-order valence-corrected chi connectivity index (χ1v) is 11.8. The Morgan fingerprint density at radius 3 is 2.32 bits per heavy atom. The molecule has 1 aromatic rings. The number of methoxy groups -OCH3 is 1. The fraction of sp³-hybridized carbons (Fsp3) is 0.818. The number of amides is 1. The van der Waals surface area contributed by atoms with Crippen LogP contribution in [0.1, 0.15) is 51.3 Å². The van der Waals surface area contributed by atoms with Gasteiger partial charge in [0.2, 0.25) is 17.8 Å². The molecular formula is C22H36N6O3. The molecule has 0 aromatic carbocycles. The predicted octanol–water partition coefficient (Wildman–Crippen LogP) is 1.69. The molecule has 4 rings (SSSR count). The van der Waals surface area contributed by atoms with E-state index in [4.69, 9.17) is 24.4 Å². The van der Waals surface area contributed by atoms with Crippen molar-refractivity contribution in [1.82, 2.24) is 19.9 Å². The fourth-order valence-electron chi connectivity index (χ4n) is 4.48. The molecule has 1 atom stereocenters. The molecule has 2 saturated heterocycles. The minimum absolute atomic E-state index is 0.0326. The Kier molecular flexibility index (Phi) is 7.22.